The third-order valence-corrected chi connectivity index (χ3v) is 4.91. The quantitative estimate of drug-likeness (QED) is 0.712. The summed E-state index contributed by atoms with van der Waals surface area (Å²) in [7, 11) is 1.93. The van der Waals surface area contributed by atoms with E-state index in [0.717, 1.165) is 28.6 Å². The van der Waals surface area contributed by atoms with Crippen molar-refractivity contribution in [3.63, 3.8) is 0 Å². The average Bonchev–Trinajstić information content (AvgIpc) is 3.11. The number of pyridine rings is 1. The second kappa shape index (κ2) is 5.57. The Morgan fingerprint density at radius 3 is 2.83 bits per heavy atom. The molecule has 118 valence electrons. The van der Waals surface area contributed by atoms with Crippen molar-refractivity contribution in [2.45, 2.75) is 26.2 Å². The lowest BCUT2D eigenvalue weighted by atomic mass is 9.88. The van der Waals surface area contributed by atoms with Crippen LogP contribution >= 0.6 is 12.8 Å². The molecule has 3 heterocycles. The molecule has 1 aliphatic carbocycles. The van der Waals surface area contributed by atoms with Crippen LogP contribution in [0.15, 0.2) is 36.9 Å². The standard InChI is InChI=1S/C18H20N4S/c1-12-4-3-5-13(6-12)14-7-16-17(15-9-20-21(2)10-15)11-22(23)18(16)19-8-14/h6-12,23H,3-5H2,1-2H3. The summed E-state index contributed by atoms with van der Waals surface area (Å²) in [5, 5.41) is 5.41. The number of fused-ring (bicyclic) bond motifs is 1. The molecule has 0 N–H and O–H groups in total. The first kappa shape index (κ1) is 14.6. The Morgan fingerprint density at radius 1 is 1.22 bits per heavy atom. The van der Waals surface area contributed by atoms with Gasteiger partial charge in [0.05, 0.1) is 6.20 Å². The van der Waals surface area contributed by atoms with Gasteiger partial charge >= 0.3 is 0 Å². The van der Waals surface area contributed by atoms with E-state index in [1.54, 1.807) is 3.97 Å². The summed E-state index contributed by atoms with van der Waals surface area (Å²) in [4.78, 5) is 4.65. The van der Waals surface area contributed by atoms with Crippen LogP contribution in [-0.4, -0.2) is 18.7 Å². The molecule has 3 aromatic rings. The van der Waals surface area contributed by atoms with Crippen LogP contribution in [0.1, 0.15) is 31.7 Å². The zero-order valence-electron chi connectivity index (χ0n) is 13.4. The van der Waals surface area contributed by atoms with Crippen molar-refractivity contribution in [3.8, 4) is 11.1 Å². The molecule has 0 amide bonds. The van der Waals surface area contributed by atoms with Gasteiger partial charge in [0.15, 0.2) is 0 Å². The molecule has 0 radical (unpaired) electrons. The SMILES string of the molecule is CC1C=C(c2cnc3c(c2)c(-c2cnn(C)c2)cn3S)CCC1. The highest BCUT2D eigenvalue weighted by Crippen LogP contribution is 2.34. The number of rotatable bonds is 2. The third-order valence-electron chi connectivity index (χ3n) is 4.60. The van der Waals surface area contributed by atoms with E-state index >= 15 is 0 Å². The molecule has 5 heteroatoms. The van der Waals surface area contributed by atoms with Crippen LogP contribution in [0.2, 0.25) is 0 Å². The molecular formula is C18H20N4S. The Morgan fingerprint density at radius 2 is 2.09 bits per heavy atom. The van der Waals surface area contributed by atoms with Gasteiger partial charge in [-0.1, -0.05) is 25.8 Å². The van der Waals surface area contributed by atoms with Gasteiger partial charge in [-0.2, -0.15) is 5.10 Å². The number of allylic oxidation sites excluding steroid dienone is 2. The Kier molecular flexibility index (Phi) is 3.53. The molecule has 1 unspecified atom stereocenters. The summed E-state index contributed by atoms with van der Waals surface area (Å²) in [5.74, 6) is 0.654. The van der Waals surface area contributed by atoms with Crippen molar-refractivity contribution in [2.75, 3.05) is 0 Å². The predicted octanol–water partition coefficient (Wildman–Crippen LogP) is 4.33. The zero-order chi connectivity index (χ0) is 16.0. The molecule has 0 aromatic carbocycles. The molecule has 0 bridgehead atoms. The minimum absolute atomic E-state index is 0.654. The van der Waals surface area contributed by atoms with E-state index in [1.807, 2.05) is 36.5 Å². The van der Waals surface area contributed by atoms with E-state index in [-0.39, 0.29) is 0 Å². The molecule has 1 aliphatic rings. The van der Waals surface area contributed by atoms with E-state index < -0.39 is 0 Å². The number of aromatic nitrogens is 4. The molecule has 0 saturated carbocycles. The van der Waals surface area contributed by atoms with Crippen molar-refractivity contribution in [1.29, 1.82) is 0 Å². The lowest BCUT2D eigenvalue weighted by Crippen LogP contribution is -2.00. The Labute approximate surface area is 141 Å². The van der Waals surface area contributed by atoms with Crippen LogP contribution in [0.3, 0.4) is 0 Å². The highest BCUT2D eigenvalue weighted by atomic mass is 32.1. The fourth-order valence-electron chi connectivity index (χ4n) is 3.42. The molecule has 0 fully saturated rings. The lowest BCUT2D eigenvalue weighted by molar-refractivity contribution is 0.592. The molecule has 4 nitrogen and oxygen atoms in total. The maximum Gasteiger partial charge on any atom is 0.150 e. The summed E-state index contributed by atoms with van der Waals surface area (Å²) < 4.78 is 3.61. The van der Waals surface area contributed by atoms with Gasteiger partial charge in [-0.3, -0.25) is 8.65 Å². The third kappa shape index (κ3) is 2.59. The van der Waals surface area contributed by atoms with Crippen LogP contribution in [0.5, 0.6) is 0 Å². The van der Waals surface area contributed by atoms with Gasteiger partial charge in [0.2, 0.25) is 0 Å². The van der Waals surface area contributed by atoms with E-state index in [4.69, 9.17) is 0 Å². The van der Waals surface area contributed by atoms with Gasteiger partial charge in [0, 0.05) is 42.2 Å². The van der Waals surface area contributed by atoms with E-state index in [9.17, 15) is 0 Å². The largest absolute Gasteiger partial charge is 0.277 e. The predicted molar refractivity (Wildman–Crippen MR) is 97.3 cm³/mol. The minimum Gasteiger partial charge on any atom is -0.277 e. The van der Waals surface area contributed by atoms with Crippen LogP contribution in [0.25, 0.3) is 27.7 Å². The van der Waals surface area contributed by atoms with Gasteiger partial charge in [-0.05, 0) is 42.4 Å². The smallest absolute Gasteiger partial charge is 0.150 e. The monoisotopic (exact) mass is 324 g/mol. The number of nitrogens with zero attached hydrogens (tertiary/aromatic N) is 4. The zero-order valence-corrected chi connectivity index (χ0v) is 14.3. The maximum atomic E-state index is 4.65. The summed E-state index contributed by atoms with van der Waals surface area (Å²) in [6.07, 6.45) is 14.0. The van der Waals surface area contributed by atoms with Crippen molar-refractivity contribution < 1.29 is 0 Å². The van der Waals surface area contributed by atoms with Crippen molar-refractivity contribution >= 4 is 29.4 Å². The average molecular weight is 324 g/mol. The number of hydrogen-bond donors (Lipinski definition) is 1. The highest BCUT2D eigenvalue weighted by Gasteiger charge is 2.16. The lowest BCUT2D eigenvalue weighted by Gasteiger charge is -2.17. The van der Waals surface area contributed by atoms with Gasteiger partial charge < -0.3 is 0 Å². The first-order valence-electron chi connectivity index (χ1n) is 8.02. The number of aryl methyl sites for hydroxylation is 1. The maximum absolute atomic E-state index is 4.65. The van der Waals surface area contributed by atoms with Gasteiger partial charge in [-0.15, -0.1) is 0 Å². The Balaban J connectivity index is 1.87. The van der Waals surface area contributed by atoms with Crippen LogP contribution < -0.4 is 0 Å². The first-order valence-corrected chi connectivity index (χ1v) is 8.42. The first-order chi connectivity index (χ1) is 11.1. The second-order valence-corrected chi connectivity index (χ2v) is 6.88. The van der Waals surface area contributed by atoms with Gasteiger partial charge in [0.25, 0.3) is 0 Å². The summed E-state index contributed by atoms with van der Waals surface area (Å²) >= 11 is 4.52. The molecule has 0 saturated heterocycles. The fraction of sp³-hybridized carbons (Fsp3) is 0.333. The van der Waals surface area contributed by atoms with Crippen molar-refractivity contribution in [3.05, 3.63) is 42.5 Å². The fourth-order valence-corrected chi connectivity index (χ4v) is 3.70. The molecule has 3 aromatic heterocycles. The van der Waals surface area contributed by atoms with Gasteiger partial charge in [-0.25, -0.2) is 4.98 Å². The summed E-state index contributed by atoms with van der Waals surface area (Å²) in [5.41, 5.74) is 5.76. The van der Waals surface area contributed by atoms with Gasteiger partial charge in [0.1, 0.15) is 5.65 Å². The summed E-state index contributed by atoms with van der Waals surface area (Å²) in [6, 6.07) is 2.25. The second-order valence-electron chi connectivity index (χ2n) is 6.45. The van der Waals surface area contributed by atoms with Crippen LogP contribution in [0, 0.1) is 5.92 Å². The highest BCUT2D eigenvalue weighted by molar-refractivity contribution is 7.78. The van der Waals surface area contributed by atoms with E-state index in [1.165, 1.54) is 24.0 Å². The Hall–Kier alpha value is -2.01. The van der Waals surface area contributed by atoms with E-state index in [0.29, 0.717) is 5.92 Å². The van der Waals surface area contributed by atoms with Crippen LogP contribution in [0.4, 0.5) is 0 Å². The van der Waals surface area contributed by atoms with Crippen molar-refractivity contribution in [1.82, 2.24) is 18.7 Å². The number of hydrogen-bond acceptors (Lipinski definition) is 3. The van der Waals surface area contributed by atoms with Crippen molar-refractivity contribution in [2.24, 2.45) is 13.0 Å². The van der Waals surface area contributed by atoms with E-state index in [2.05, 4.69) is 42.0 Å². The summed E-state index contributed by atoms with van der Waals surface area (Å²) in [6.45, 7) is 2.29. The molecule has 1 atom stereocenters. The number of thiol groups is 1. The minimum atomic E-state index is 0.654. The molecular weight excluding hydrogens is 304 g/mol. The topological polar surface area (TPSA) is 35.6 Å². The Bertz CT molecular complexity index is 903. The van der Waals surface area contributed by atoms with Crippen LogP contribution in [-0.2, 0) is 7.05 Å². The molecule has 0 spiro atoms. The molecule has 0 aliphatic heterocycles. The molecule has 23 heavy (non-hydrogen) atoms. The molecule has 4 rings (SSSR count). The normalized spacial score (nSPS) is 18.4.